The summed E-state index contributed by atoms with van der Waals surface area (Å²) in [6, 6.07) is 4.12. The van der Waals surface area contributed by atoms with E-state index >= 15 is 0 Å². The first-order valence-corrected chi connectivity index (χ1v) is 5.81. The summed E-state index contributed by atoms with van der Waals surface area (Å²) in [5.74, 6) is -0.401. The number of anilines is 1. The van der Waals surface area contributed by atoms with Gasteiger partial charge in [0.1, 0.15) is 5.69 Å². The molecule has 19 heavy (non-hydrogen) atoms. The van der Waals surface area contributed by atoms with Gasteiger partial charge in [0.05, 0.1) is 16.6 Å². The molecule has 0 bridgehead atoms. The summed E-state index contributed by atoms with van der Waals surface area (Å²) in [6.45, 7) is 1.97. The van der Waals surface area contributed by atoms with E-state index < -0.39 is 16.9 Å². The van der Waals surface area contributed by atoms with E-state index in [0.717, 1.165) is 0 Å². The van der Waals surface area contributed by atoms with Gasteiger partial charge in [0.25, 0.3) is 11.6 Å². The third kappa shape index (κ3) is 3.65. The van der Waals surface area contributed by atoms with Crippen molar-refractivity contribution in [3.05, 3.63) is 33.9 Å². The second kappa shape index (κ2) is 6.14. The van der Waals surface area contributed by atoms with Gasteiger partial charge < -0.3 is 15.7 Å². The Hall–Kier alpha value is -2.15. The Morgan fingerprint density at radius 2 is 2.21 bits per heavy atom. The summed E-state index contributed by atoms with van der Waals surface area (Å²) in [5.41, 5.74) is 5.32. The summed E-state index contributed by atoms with van der Waals surface area (Å²) in [5, 5.41) is 19.9. The maximum absolute atomic E-state index is 12.1. The second-order valence-electron chi connectivity index (χ2n) is 4.36. The van der Waals surface area contributed by atoms with Crippen LogP contribution in [0.15, 0.2) is 18.2 Å². The standard InChI is InChI=1S/C12H17N3O4/c1-8(16)6-7-14(2)12(17)9-4-3-5-10(11(9)13)15(18)19/h3-5,8,16H,6-7,13H2,1-2H3. The van der Waals surface area contributed by atoms with Crippen molar-refractivity contribution >= 4 is 17.3 Å². The average molecular weight is 267 g/mol. The number of hydrogen-bond acceptors (Lipinski definition) is 5. The van der Waals surface area contributed by atoms with Crippen LogP contribution in [0.25, 0.3) is 0 Å². The van der Waals surface area contributed by atoms with Crippen LogP contribution < -0.4 is 5.73 Å². The number of amides is 1. The van der Waals surface area contributed by atoms with Gasteiger partial charge in [-0.3, -0.25) is 14.9 Å². The van der Waals surface area contributed by atoms with Gasteiger partial charge >= 0.3 is 0 Å². The quantitative estimate of drug-likeness (QED) is 0.470. The van der Waals surface area contributed by atoms with Crippen LogP contribution in [-0.2, 0) is 0 Å². The Bertz CT molecular complexity index is 488. The third-order valence-electron chi connectivity index (χ3n) is 2.74. The van der Waals surface area contributed by atoms with Crippen LogP contribution in [0.4, 0.5) is 11.4 Å². The number of nitro benzene ring substituents is 1. The predicted molar refractivity (Wildman–Crippen MR) is 70.8 cm³/mol. The van der Waals surface area contributed by atoms with Crippen molar-refractivity contribution in [1.29, 1.82) is 0 Å². The van der Waals surface area contributed by atoms with Crippen LogP contribution in [0.1, 0.15) is 23.7 Å². The molecule has 7 heteroatoms. The van der Waals surface area contributed by atoms with Gasteiger partial charge in [-0.05, 0) is 19.4 Å². The molecule has 1 aromatic carbocycles. The van der Waals surface area contributed by atoms with Gasteiger partial charge in [-0.1, -0.05) is 6.07 Å². The first-order chi connectivity index (χ1) is 8.84. The molecule has 3 N–H and O–H groups in total. The molecule has 1 atom stereocenters. The summed E-state index contributed by atoms with van der Waals surface area (Å²) in [7, 11) is 1.56. The molecule has 0 aromatic heterocycles. The first kappa shape index (κ1) is 14.9. The molecule has 1 unspecified atom stereocenters. The number of rotatable bonds is 5. The lowest BCUT2D eigenvalue weighted by molar-refractivity contribution is -0.383. The fraction of sp³-hybridized carbons (Fsp3) is 0.417. The number of aliphatic hydroxyl groups is 1. The van der Waals surface area contributed by atoms with E-state index in [2.05, 4.69) is 0 Å². The highest BCUT2D eigenvalue weighted by Gasteiger charge is 2.21. The zero-order chi connectivity index (χ0) is 14.6. The molecule has 0 saturated heterocycles. The second-order valence-corrected chi connectivity index (χ2v) is 4.36. The third-order valence-corrected chi connectivity index (χ3v) is 2.74. The van der Waals surface area contributed by atoms with Crippen LogP contribution in [0.5, 0.6) is 0 Å². The SMILES string of the molecule is CC(O)CCN(C)C(=O)c1cccc([N+](=O)[O-])c1N. The molecule has 0 spiro atoms. The number of para-hydroxylation sites is 1. The molecular formula is C12H17N3O4. The lowest BCUT2D eigenvalue weighted by atomic mass is 10.1. The number of nitro groups is 1. The normalized spacial score (nSPS) is 11.9. The maximum Gasteiger partial charge on any atom is 0.292 e. The van der Waals surface area contributed by atoms with Gasteiger partial charge in [-0.25, -0.2) is 0 Å². The molecule has 0 aliphatic heterocycles. The van der Waals surface area contributed by atoms with E-state index in [4.69, 9.17) is 5.73 Å². The number of aliphatic hydroxyl groups excluding tert-OH is 1. The molecule has 0 saturated carbocycles. The van der Waals surface area contributed by atoms with Crippen molar-refractivity contribution in [2.45, 2.75) is 19.4 Å². The van der Waals surface area contributed by atoms with E-state index in [0.29, 0.717) is 13.0 Å². The molecule has 7 nitrogen and oxygen atoms in total. The predicted octanol–water partition coefficient (Wildman–Crippen LogP) is 1.02. The molecular weight excluding hydrogens is 250 g/mol. The van der Waals surface area contributed by atoms with E-state index in [1.165, 1.54) is 23.1 Å². The van der Waals surface area contributed by atoms with E-state index in [-0.39, 0.29) is 16.9 Å². The fourth-order valence-corrected chi connectivity index (χ4v) is 1.59. The zero-order valence-corrected chi connectivity index (χ0v) is 10.9. The molecule has 0 heterocycles. The minimum absolute atomic E-state index is 0.0993. The topological polar surface area (TPSA) is 110 Å². The summed E-state index contributed by atoms with van der Waals surface area (Å²) in [6.07, 6.45) is -0.0884. The molecule has 1 amide bonds. The van der Waals surface area contributed by atoms with Gasteiger partial charge in [0, 0.05) is 19.7 Å². The van der Waals surface area contributed by atoms with Crippen LogP contribution in [-0.4, -0.2) is 40.5 Å². The molecule has 1 rings (SSSR count). The minimum atomic E-state index is -0.623. The van der Waals surface area contributed by atoms with Crippen molar-refractivity contribution in [2.75, 3.05) is 19.3 Å². The summed E-state index contributed by atoms with van der Waals surface area (Å²) >= 11 is 0. The Morgan fingerprint density at radius 1 is 1.58 bits per heavy atom. The highest BCUT2D eigenvalue weighted by Crippen LogP contribution is 2.25. The largest absolute Gasteiger partial charge is 0.393 e. The Kier molecular flexibility index (Phi) is 4.82. The summed E-state index contributed by atoms with van der Waals surface area (Å²) < 4.78 is 0. The number of carbonyl (C=O) groups is 1. The lowest BCUT2D eigenvalue weighted by Gasteiger charge is -2.18. The molecule has 0 aliphatic rings. The minimum Gasteiger partial charge on any atom is -0.393 e. The van der Waals surface area contributed by atoms with Crippen molar-refractivity contribution < 1.29 is 14.8 Å². The van der Waals surface area contributed by atoms with Crippen molar-refractivity contribution in [2.24, 2.45) is 0 Å². The van der Waals surface area contributed by atoms with Gasteiger partial charge in [0.15, 0.2) is 0 Å². The number of carbonyl (C=O) groups excluding carboxylic acids is 1. The van der Waals surface area contributed by atoms with Crippen molar-refractivity contribution in [1.82, 2.24) is 4.90 Å². The van der Waals surface area contributed by atoms with Crippen LogP contribution >= 0.6 is 0 Å². The highest BCUT2D eigenvalue weighted by atomic mass is 16.6. The van der Waals surface area contributed by atoms with E-state index in [9.17, 15) is 20.0 Å². The van der Waals surface area contributed by atoms with Gasteiger partial charge in [0.2, 0.25) is 0 Å². The zero-order valence-electron chi connectivity index (χ0n) is 10.9. The average Bonchev–Trinajstić information content (AvgIpc) is 2.34. The van der Waals surface area contributed by atoms with Crippen LogP contribution in [0, 0.1) is 10.1 Å². The number of hydrogen-bond donors (Lipinski definition) is 2. The van der Waals surface area contributed by atoms with Gasteiger partial charge in [-0.15, -0.1) is 0 Å². The molecule has 0 fully saturated rings. The van der Waals surface area contributed by atoms with Crippen LogP contribution in [0.3, 0.4) is 0 Å². The Morgan fingerprint density at radius 3 is 2.74 bits per heavy atom. The molecule has 0 radical (unpaired) electrons. The van der Waals surface area contributed by atoms with Gasteiger partial charge in [-0.2, -0.15) is 0 Å². The molecule has 1 aromatic rings. The van der Waals surface area contributed by atoms with Crippen molar-refractivity contribution in [3.8, 4) is 0 Å². The highest BCUT2D eigenvalue weighted by molar-refractivity contribution is 6.00. The summed E-state index contributed by atoms with van der Waals surface area (Å²) in [4.78, 5) is 23.6. The monoisotopic (exact) mass is 267 g/mol. The lowest BCUT2D eigenvalue weighted by Crippen LogP contribution is -2.30. The van der Waals surface area contributed by atoms with E-state index in [1.54, 1.807) is 14.0 Å². The number of benzene rings is 1. The maximum atomic E-state index is 12.1. The smallest absolute Gasteiger partial charge is 0.292 e. The number of nitrogens with two attached hydrogens (primary N) is 1. The first-order valence-electron chi connectivity index (χ1n) is 5.81. The molecule has 104 valence electrons. The number of nitrogens with zero attached hydrogens (tertiary/aromatic N) is 2. The van der Waals surface area contributed by atoms with Crippen molar-refractivity contribution in [3.63, 3.8) is 0 Å². The Balaban J connectivity index is 2.94. The Labute approximate surface area is 110 Å². The number of nitrogen functional groups attached to an aromatic ring is 1. The fourth-order valence-electron chi connectivity index (χ4n) is 1.59. The van der Waals surface area contributed by atoms with E-state index in [1.807, 2.05) is 0 Å². The van der Waals surface area contributed by atoms with Crippen LogP contribution in [0.2, 0.25) is 0 Å². The molecule has 0 aliphatic carbocycles.